The number of aromatic nitrogens is 1. The van der Waals surface area contributed by atoms with Gasteiger partial charge in [0.05, 0.1) is 18.4 Å². The minimum atomic E-state index is -0.0897. The van der Waals surface area contributed by atoms with Crippen molar-refractivity contribution in [3.8, 4) is 0 Å². The van der Waals surface area contributed by atoms with Crippen molar-refractivity contribution in [1.29, 1.82) is 0 Å². The lowest BCUT2D eigenvalue weighted by molar-refractivity contribution is -0.00974. The van der Waals surface area contributed by atoms with Crippen LogP contribution in [-0.4, -0.2) is 41.6 Å². The Morgan fingerprint density at radius 3 is 2.74 bits per heavy atom. The van der Waals surface area contributed by atoms with Gasteiger partial charge in [-0.3, -0.25) is 4.79 Å². The molecule has 106 valence electrons. The third-order valence-electron chi connectivity index (χ3n) is 3.53. The van der Waals surface area contributed by atoms with E-state index in [4.69, 9.17) is 9.15 Å². The molecule has 0 radical (unpaired) electrons. The number of hydrogen-bond donors (Lipinski definition) is 0. The third kappa shape index (κ3) is 3.15. The SMILES string of the molecule is Cc1ncoc1C(=O)N1CCO[C@H](C(C)(C)C)CC1. The molecule has 0 aliphatic carbocycles. The van der Waals surface area contributed by atoms with E-state index in [2.05, 4.69) is 25.8 Å². The molecule has 1 saturated heterocycles. The average molecular weight is 266 g/mol. The standard InChI is InChI=1S/C14H22N2O3/c1-10-12(19-9-15-10)13(17)16-6-5-11(14(2,3)4)18-8-7-16/h9,11H,5-8H2,1-4H3/t11-/m0/s1. The lowest BCUT2D eigenvalue weighted by Crippen LogP contribution is -2.34. The highest BCUT2D eigenvalue weighted by Crippen LogP contribution is 2.27. The maximum Gasteiger partial charge on any atom is 0.291 e. The topological polar surface area (TPSA) is 55.6 Å². The summed E-state index contributed by atoms with van der Waals surface area (Å²) in [5, 5.41) is 0. The van der Waals surface area contributed by atoms with Crippen LogP contribution in [0.25, 0.3) is 0 Å². The molecular formula is C14H22N2O3. The van der Waals surface area contributed by atoms with Crippen LogP contribution in [0.1, 0.15) is 43.4 Å². The van der Waals surface area contributed by atoms with Crippen LogP contribution in [-0.2, 0) is 4.74 Å². The van der Waals surface area contributed by atoms with Crippen LogP contribution in [0, 0.1) is 12.3 Å². The van der Waals surface area contributed by atoms with Crippen molar-refractivity contribution in [2.75, 3.05) is 19.7 Å². The van der Waals surface area contributed by atoms with E-state index in [9.17, 15) is 4.79 Å². The lowest BCUT2D eigenvalue weighted by Gasteiger charge is -2.29. The molecule has 0 aromatic carbocycles. The molecule has 0 N–H and O–H groups in total. The smallest absolute Gasteiger partial charge is 0.291 e. The maximum atomic E-state index is 12.3. The van der Waals surface area contributed by atoms with Crippen LogP contribution >= 0.6 is 0 Å². The van der Waals surface area contributed by atoms with Gasteiger partial charge in [0, 0.05) is 13.1 Å². The van der Waals surface area contributed by atoms with Gasteiger partial charge in [-0.1, -0.05) is 20.8 Å². The van der Waals surface area contributed by atoms with E-state index in [0.717, 1.165) is 6.42 Å². The number of oxazole rings is 1. The first-order chi connectivity index (χ1) is 8.89. The van der Waals surface area contributed by atoms with Gasteiger partial charge in [0.25, 0.3) is 5.91 Å². The van der Waals surface area contributed by atoms with E-state index in [1.54, 1.807) is 11.8 Å². The second-order valence-electron chi connectivity index (χ2n) is 6.07. The summed E-state index contributed by atoms with van der Waals surface area (Å²) in [5.41, 5.74) is 0.740. The molecule has 5 heteroatoms. The van der Waals surface area contributed by atoms with Gasteiger partial charge >= 0.3 is 0 Å². The molecule has 1 atom stereocenters. The summed E-state index contributed by atoms with van der Waals surface area (Å²) in [7, 11) is 0. The first-order valence-corrected chi connectivity index (χ1v) is 6.70. The fraction of sp³-hybridized carbons (Fsp3) is 0.714. The Labute approximate surface area is 113 Å². The molecule has 0 spiro atoms. The highest BCUT2D eigenvalue weighted by atomic mass is 16.5. The van der Waals surface area contributed by atoms with Gasteiger partial charge < -0.3 is 14.1 Å². The van der Waals surface area contributed by atoms with E-state index in [0.29, 0.717) is 31.2 Å². The molecule has 0 unspecified atom stereocenters. The summed E-state index contributed by atoms with van der Waals surface area (Å²) in [4.78, 5) is 18.1. The fourth-order valence-corrected chi connectivity index (χ4v) is 2.31. The van der Waals surface area contributed by atoms with E-state index in [1.807, 2.05) is 0 Å². The van der Waals surface area contributed by atoms with Crippen LogP contribution < -0.4 is 0 Å². The van der Waals surface area contributed by atoms with Gasteiger partial charge in [0.1, 0.15) is 0 Å². The van der Waals surface area contributed by atoms with Gasteiger partial charge in [0.2, 0.25) is 5.76 Å². The summed E-state index contributed by atoms with van der Waals surface area (Å²) in [6, 6.07) is 0. The van der Waals surface area contributed by atoms with Gasteiger partial charge in [0.15, 0.2) is 6.39 Å². The van der Waals surface area contributed by atoms with Crippen molar-refractivity contribution < 1.29 is 13.9 Å². The predicted molar refractivity (Wildman–Crippen MR) is 71.0 cm³/mol. The summed E-state index contributed by atoms with van der Waals surface area (Å²) in [6.45, 7) is 10.1. The number of aryl methyl sites for hydroxylation is 1. The second-order valence-corrected chi connectivity index (χ2v) is 6.07. The summed E-state index contributed by atoms with van der Waals surface area (Å²) < 4.78 is 11.0. The number of amides is 1. The average Bonchev–Trinajstić information content (AvgIpc) is 2.62. The molecule has 1 aromatic rings. The molecule has 1 aliphatic heterocycles. The number of hydrogen-bond acceptors (Lipinski definition) is 4. The Balaban J connectivity index is 2.04. The highest BCUT2D eigenvalue weighted by Gasteiger charge is 2.30. The number of ether oxygens (including phenoxy) is 1. The van der Waals surface area contributed by atoms with Crippen LogP contribution in [0.4, 0.5) is 0 Å². The minimum absolute atomic E-state index is 0.0897. The molecule has 1 aromatic heterocycles. The fourth-order valence-electron chi connectivity index (χ4n) is 2.31. The van der Waals surface area contributed by atoms with Gasteiger partial charge in [-0.05, 0) is 18.8 Å². The molecule has 0 bridgehead atoms. The molecule has 1 amide bonds. The second kappa shape index (κ2) is 5.33. The van der Waals surface area contributed by atoms with E-state index in [-0.39, 0.29) is 17.4 Å². The van der Waals surface area contributed by atoms with E-state index in [1.165, 1.54) is 6.39 Å². The van der Waals surface area contributed by atoms with Crippen LogP contribution in [0.2, 0.25) is 0 Å². The van der Waals surface area contributed by atoms with Gasteiger partial charge in [-0.15, -0.1) is 0 Å². The summed E-state index contributed by atoms with van der Waals surface area (Å²) >= 11 is 0. The summed E-state index contributed by atoms with van der Waals surface area (Å²) in [6.07, 6.45) is 2.35. The normalized spacial score (nSPS) is 21.3. The maximum absolute atomic E-state index is 12.3. The van der Waals surface area contributed by atoms with Crippen molar-refractivity contribution in [3.63, 3.8) is 0 Å². The predicted octanol–water partition coefficient (Wildman–Crippen LogP) is 2.26. The van der Waals surface area contributed by atoms with Crippen LogP contribution in [0.3, 0.4) is 0 Å². The third-order valence-corrected chi connectivity index (χ3v) is 3.53. The Bertz CT molecular complexity index is 448. The number of rotatable bonds is 1. The zero-order valence-corrected chi connectivity index (χ0v) is 12.1. The number of nitrogens with zero attached hydrogens (tertiary/aromatic N) is 2. The van der Waals surface area contributed by atoms with E-state index >= 15 is 0 Å². The molecule has 1 aliphatic rings. The zero-order chi connectivity index (χ0) is 14.0. The van der Waals surface area contributed by atoms with Crippen LogP contribution in [0.5, 0.6) is 0 Å². The Morgan fingerprint density at radius 2 is 2.16 bits per heavy atom. The van der Waals surface area contributed by atoms with Gasteiger partial charge in [-0.25, -0.2) is 4.98 Å². The molecule has 19 heavy (non-hydrogen) atoms. The number of carbonyl (C=O) groups excluding carboxylic acids is 1. The van der Waals surface area contributed by atoms with Crippen molar-refractivity contribution in [3.05, 3.63) is 17.8 Å². The Morgan fingerprint density at radius 1 is 1.42 bits per heavy atom. The van der Waals surface area contributed by atoms with Crippen LogP contribution in [0.15, 0.2) is 10.8 Å². The van der Waals surface area contributed by atoms with Crippen molar-refractivity contribution in [1.82, 2.24) is 9.88 Å². The Kier molecular flexibility index (Phi) is 3.94. The number of carbonyl (C=O) groups is 1. The minimum Gasteiger partial charge on any atom is -0.438 e. The quantitative estimate of drug-likeness (QED) is 0.782. The largest absolute Gasteiger partial charge is 0.438 e. The molecule has 2 heterocycles. The molecule has 0 saturated carbocycles. The van der Waals surface area contributed by atoms with Crippen molar-refractivity contribution in [2.45, 2.75) is 40.2 Å². The zero-order valence-electron chi connectivity index (χ0n) is 12.1. The van der Waals surface area contributed by atoms with Crippen molar-refractivity contribution >= 4 is 5.91 Å². The van der Waals surface area contributed by atoms with E-state index < -0.39 is 0 Å². The molecular weight excluding hydrogens is 244 g/mol. The van der Waals surface area contributed by atoms with Gasteiger partial charge in [-0.2, -0.15) is 0 Å². The van der Waals surface area contributed by atoms with Crippen molar-refractivity contribution in [2.24, 2.45) is 5.41 Å². The summed E-state index contributed by atoms with van der Waals surface area (Å²) in [5.74, 6) is 0.252. The first kappa shape index (κ1) is 14.1. The molecule has 2 rings (SSSR count). The molecule has 1 fully saturated rings. The lowest BCUT2D eigenvalue weighted by atomic mass is 9.87. The Hall–Kier alpha value is -1.36. The highest BCUT2D eigenvalue weighted by molar-refractivity contribution is 5.92. The molecule has 5 nitrogen and oxygen atoms in total. The monoisotopic (exact) mass is 266 g/mol. The first-order valence-electron chi connectivity index (χ1n) is 6.70.